The number of phenols is 1. The van der Waals surface area contributed by atoms with Crippen molar-refractivity contribution in [2.45, 2.75) is 18.8 Å². The summed E-state index contributed by atoms with van der Waals surface area (Å²) in [5, 5.41) is 9.32. The van der Waals surface area contributed by atoms with E-state index in [-0.39, 0.29) is 17.6 Å². The Morgan fingerprint density at radius 3 is 2.59 bits per heavy atom. The molecule has 0 radical (unpaired) electrons. The average Bonchev–Trinajstić information content (AvgIpc) is 3.34. The zero-order valence-corrected chi connectivity index (χ0v) is 12.6. The van der Waals surface area contributed by atoms with Gasteiger partial charge in [-0.2, -0.15) is 0 Å². The van der Waals surface area contributed by atoms with Crippen molar-refractivity contribution >= 4 is 5.91 Å². The molecule has 4 nitrogen and oxygen atoms in total. The molecule has 1 N–H and O–H groups in total. The van der Waals surface area contributed by atoms with Gasteiger partial charge in [0.05, 0.1) is 0 Å². The van der Waals surface area contributed by atoms with E-state index in [0.717, 1.165) is 24.9 Å². The Bertz CT molecular complexity index is 640. The number of likely N-dealkylation sites (N-methyl/N-ethyl adjacent to an activating group) is 1. The number of benzene rings is 1. The quantitative estimate of drug-likeness (QED) is 0.922. The Morgan fingerprint density at radius 1 is 1.23 bits per heavy atom. The lowest BCUT2D eigenvalue weighted by Crippen LogP contribution is -2.30. The normalized spacial score (nSPS) is 19.7. The van der Waals surface area contributed by atoms with E-state index in [9.17, 15) is 9.90 Å². The lowest BCUT2D eigenvalue weighted by Gasteiger charge is -2.17. The largest absolute Gasteiger partial charge is 0.508 e. The second-order valence-electron chi connectivity index (χ2n) is 5.91. The van der Waals surface area contributed by atoms with Crippen molar-refractivity contribution in [1.82, 2.24) is 9.88 Å². The molecule has 22 heavy (non-hydrogen) atoms. The van der Waals surface area contributed by atoms with Gasteiger partial charge >= 0.3 is 0 Å². The molecule has 2 atom stereocenters. The van der Waals surface area contributed by atoms with Gasteiger partial charge in [-0.25, -0.2) is 0 Å². The maximum absolute atomic E-state index is 12.4. The van der Waals surface area contributed by atoms with Crippen LogP contribution in [0.4, 0.5) is 0 Å². The molecular formula is C18H20N2O2. The van der Waals surface area contributed by atoms with Crippen LogP contribution in [0.5, 0.6) is 5.75 Å². The van der Waals surface area contributed by atoms with Crippen LogP contribution < -0.4 is 0 Å². The van der Waals surface area contributed by atoms with Gasteiger partial charge < -0.3 is 10.0 Å². The molecule has 0 spiro atoms. The number of carbonyl (C=O) groups excluding carboxylic acids is 1. The van der Waals surface area contributed by atoms with Crippen LogP contribution in [0.3, 0.4) is 0 Å². The molecule has 2 unspecified atom stereocenters. The molecule has 1 amide bonds. The van der Waals surface area contributed by atoms with Crippen molar-refractivity contribution in [3.05, 3.63) is 59.9 Å². The van der Waals surface area contributed by atoms with E-state index < -0.39 is 0 Å². The first kappa shape index (κ1) is 14.6. The van der Waals surface area contributed by atoms with Crippen LogP contribution in [0.25, 0.3) is 0 Å². The second kappa shape index (κ2) is 6.18. The molecule has 1 fully saturated rings. The topological polar surface area (TPSA) is 53.4 Å². The first-order chi connectivity index (χ1) is 10.6. The van der Waals surface area contributed by atoms with E-state index in [1.807, 2.05) is 36.2 Å². The van der Waals surface area contributed by atoms with E-state index in [4.69, 9.17) is 0 Å². The van der Waals surface area contributed by atoms with Gasteiger partial charge in [-0.3, -0.25) is 9.78 Å². The number of aromatic hydroxyl groups is 1. The zero-order chi connectivity index (χ0) is 15.5. The smallest absolute Gasteiger partial charge is 0.226 e. The van der Waals surface area contributed by atoms with Gasteiger partial charge in [-0.1, -0.05) is 12.1 Å². The van der Waals surface area contributed by atoms with Gasteiger partial charge in [0.2, 0.25) is 5.91 Å². The number of rotatable bonds is 5. The average molecular weight is 296 g/mol. The summed E-state index contributed by atoms with van der Waals surface area (Å²) in [4.78, 5) is 18.3. The van der Waals surface area contributed by atoms with Crippen molar-refractivity contribution < 1.29 is 9.90 Å². The van der Waals surface area contributed by atoms with Gasteiger partial charge in [0.1, 0.15) is 5.75 Å². The molecule has 114 valence electrons. The minimum Gasteiger partial charge on any atom is -0.508 e. The van der Waals surface area contributed by atoms with Gasteiger partial charge in [0, 0.05) is 31.9 Å². The number of pyridine rings is 1. The fraction of sp³-hybridized carbons (Fsp3) is 0.333. The van der Waals surface area contributed by atoms with Crippen LogP contribution >= 0.6 is 0 Å². The fourth-order valence-corrected chi connectivity index (χ4v) is 2.80. The predicted molar refractivity (Wildman–Crippen MR) is 84.5 cm³/mol. The molecule has 1 aliphatic carbocycles. The minimum atomic E-state index is 0.0898. The van der Waals surface area contributed by atoms with Crippen LogP contribution in [-0.2, 0) is 11.2 Å². The summed E-state index contributed by atoms with van der Waals surface area (Å²) < 4.78 is 0. The van der Waals surface area contributed by atoms with E-state index >= 15 is 0 Å². The first-order valence-electron chi connectivity index (χ1n) is 7.58. The molecule has 0 aliphatic heterocycles. The number of hydrogen-bond acceptors (Lipinski definition) is 3. The molecule has 1 saturated carbocycles. The molecule has 0 bridgehead atoms. The maximum Gasteiger partial charge on any atom is 0.226 e. The second-order valence-corrected chi connectivity index (χ2v) is 5.91. The van der Waals surface area contributed by atoms with Gasteiger partial charge in [-0.15, -0.1) is 0 Å². The third-order valence-electron chi connectivity index (χ3n) is 4.29. The van der Waals surface area contributed by atoms with E-state index in [1.165, 1.54) is 5.56 Å². The summed E-state index contributed by atoms with van der Waals surface area (Å²) in [6, 6.07) is 11.1. The number of phenolic OH excluding ortho intramolecular Hbond substituents is 1. The van der Waals surface area contributed by atoms with Gasteiger partial charge in [-0.05, 0) is 54.2 Å². The minimum absolute atomic E-state index is 0.0898. The van der Waals surface area contributed by atoms with Crippen LogP contribution in [0.2, 0.25) is 0 Å². The summed E-state index contributed by atoms with van der Waals surface area (Å²) >= 11 is 0. The van der Waals surface area contributed by atoms with Crippen LogP contribution in [0.1, 0.15) is 23.5 Å². The Balaban J connectivity index is 1.53. The Morgan fingerprint density at radius 2 is 1.91 bits per heavy atom. The van der Waals surface area contributed by atoms with Crippen molar-refractivity contribution in [3.8, 4) is 5.75 Å². The Hall–Kier alpha value is -2.36. The molecule has 1 aromatic heterocycles. The monoisotopic (exact) mass is 296 g/mol. The summed E-state index contributed by atoms with van der Waals surface area (Å²) in [5.41, 5.74) is 2.33. The molecule has 1 aliphatic rings. The summed E-state index contributed by atoms with van der Waals surface area (Å²) in [7, 11) is 1.87. The molecule has 4 heteroatoms. The highest BCUT2D eigenvalue weighted by Gasteiger charge is 2.44. The Labute approximate surface area is 130 Å². The van der Waals surface area contributed by atoms with Crippen LogP contribution in [0.15, 0.2) is 48.8 Å². The summed E-state index contributed by atoms with van der Waals surface area (Å²) in [6.07, 6.45) is 5.31. The molecule has 1 heterocycles. The zero-order valence-electron chi connectivity index (χ0n) is 12.6. The van der Waals surface area contributed by atoms with Gasteiger partial charge in [0.25, 0.3) is 0 Å². The predicted octanol–water partition coefficient (Wildman–Crippen LogP) is 2.59. The van der Waals surface area contributed by atoms with Crippen molar-refractivity contribution in [2.75, 3.05) is 13.6 Å². The molecular weight excluding hydrogens is 276 g/mol. The highest BCUT2D eigenvalue weighted by Crippen LogP contribution is 2.48. The highest BCUT2D eigenvalue weighted by molar-refractivity contribution is 5.82. The van der Waals surface area contributed by atoms with Crippen LogP contribution in [-0.4, -0.2) is 34.5 Å². The molecule has 1 aromatic carbocycles. The SMILES string of the molecule is CN(CCc1ccncc1)C(=O)C1CC1c1ccc(O)cc1. The number of hydrogen-bond donors (Lipinski definition) is 1. The number of nitrogens with zero attached hydrogens (tertiary/aromatic N) is 2. The first-order valence-corrected chi connectivity index (χ1v) is 7.58. The lowest BCUT2D eigenvalue weighted by atomic mass is 10.1. The molecule has 2 aromatic rings. The fourth-order valence-electron chi connectivity index (χ4n) is 2.80. The third kappa shape index (κ3) is 3.27. The number of aromatic nitrogens is 1. The maximum atomic E-state index is 12.4. The summed E-state index contributed by atoms with van der Waals surface area (Å²) in [6.45, 7) is 0.724. The standard InChI is InChI=1S/C18H20N2O2/c1-20(11-8-13-6-9-19-10-7-13)18(22)17-12-16(17)14-2-4-15(21)5-3-14/h2-7,9-10,16-17,21H,8,11-12H2,1H3. The van der Waals surface area contributed by atoms with E-state index in [2.05, 4.69) is 4.98 Å². The highest BCUT2D eigenvalue weighted by atomic mass is 16.3. The third-order valence-corrected chi connectivity index (χ3v) is 4.29. The van der Waals surface area contributed by atoms with Crippen LogP contribution in [0, 0.1) is 5.92 Å². The molecule has 3 rings (SSSR count). The van der Waals surface area contributed by atoms with Gasteiger partial charge in [0.15, 0.2) is 0 Å². The number of carbonyl (C=O) groups is 1. The lowest BCUT2D eigenvalue weighted by molar-refractivity contribution is -0.131. The van der Waals surface area contributed by atoms with Crippen molar-refractivity contribution in [1.29, 1.82) is 0 Å². The van der Waals surface area contributed by atoms with Crippen molar-refractivity contribution in [3.63, 3.8) is 0 Å². The number of amides is 1. The van der Waals surface area contributed by atoms with E-state index in [1.54, 1.807) is 24.5 Å². The molecule has 0 saturated heterocycles. The Kier molecular flexibility index (Phi) is 4.09. The van der Waals surface area contributed by atoms with E-state index in [0.29, 0.717) is 5.92 Å². The summed E-state index contributed by atoms with van der Waals surface area (Å²) in [5.74, 6) is 0.873. The van der Waals surface area contributed by atoms with Crippen molar-refractivity contribution in [2.24, 2.45) is 5.92 Å².